The minimum absolute atomic E-state index is 0.00303. The van der Waals surface area contributed by atoms with E-state index in [0.29, 0.717) is 5.92 Å². The van der Waals surface area contributed by atoms with Crippen LogP contribution in [0.2, 0.25) is 0 Å². The summed E-state index contributed by atoms with van der Waals surface area (Å²) < 4.78 is 12.9. The highest BCUT2D eigenvalue weighted by Crippen LogP contribution is 2.51. The minimum Gasteiger partial charge on any atom is -0.403 e. The zero-order valence-electron chi connectivity index (χ0n) is 21.6. The molecule has 2 aliphatic rings. The van der Waals surface area contributed by atoms with Crippen LogP contribution in [0.5, 0.6) is 0 Å². The molecular weight excluding hydrogens is 391 g/mol. The second-order valence-corrected chi connectivity index (χ2v) is 11.4. The van der Waals surface area contributed by atoms with Crippen LogP contribution in [-0.4, -0.2) is 18.3 Å². The first-order valence-electron chi connectivity index (χ1n) is 12.6. The molecule has 0 N–H and O–H groups in total. The summed E-state index contributed by atoms with van der Waals surface area (Å²) >= 11 is 0. The fourth-order valence-electron chi connectivity index (χ4n) is 5.66. The second-order valence-electron chi connectivity index (χ2n) is 11.4. The lowest BCUT2D eigenvalue weighted by atomic mass is 9.65. The van der Waals surface area contributed by atoms with Crippen molar-refractivity contribution < 1.29 is 9.31 Å². The van der Waals surface area contributed by atoms with Gasteiger partial charge in [-0.2, -0.15) is 0 Å². The van der Waals surface area contributed by atoms with Gasteiger partial charge in [0, 0.05) is 11.2 Å². The molecule has 0 bridgehead atoms. The van der Waals surface area contributed by atoms with Gasteiger partial charge in [-0.3, -0.25) is 0 Å². The summed E-state index contributed by atoms with van der Waals surface area (Å²) in [5.74, 6) is 0.865. The molecule has 4 rings (SSSR count). The summed E-state index contributed by atoms with van der Waals surface area (Å²) in [4.78, 5) is 0. The normalized spacial score (nSPS) is 21.0. The molecule has 1 unspecified atom stereocenters. The molecular formula is C29H41BO2. The highest BCUT2D eigenvalue weighted by atomic mass is 16.7. The Hall–Kier alpha value is -1.58. The summed E-state index contributed by atoms with van der Waals surface area (Å²) in [6.45, 7) is 20.2. The van der Waals surface area contributed by atoms with Crippen molar-refractivity contribution in [2.24, 2.45) is 0 Å². The standard InChI is InChI=1S/C29H41BO2/c1-10-19(11-2)20-13-15-22-23-16-14-21(18-25(23)27(4,5)24(22)17-20)26(12-3)30-31-28(6,7)29(8,9)32-30/h13-19,26H,10-12H2,1-9H3. The van der Waals surface area contributed by atoms with E-state index in [-0.39, 0.29) is 29.6 Å². The van der Waals surface area contributed by atoms with Crippen LogP contribution >= 0.6 is 0 Å². The Balaban J connectivity index is 1.72. The Bertz CT molecular complexity index is 984. The fraction of sp³-hybridized carbons (Fsp3) is 0.586. The highest BCUT2D eigenvalue weighted by Gasteiger charge is 2.53. The molecule has 2 nitrogen and oxygen atoms in total. The third-order valence-electron chi connectivity index (χ3n) is 8.65. The lowest BCUT2D eigenvalue weighted by Gasteiger charge is -2.32. The molecule has 0 aromatic heterocycles. The van der Waals surface area contributed by atoms with E-state index in [4.69, 9.17) is 9.31 Å². The van der Waals surface area contributed by atoms with Crippen molar-refractivity contribution in [1.29, 1.82) is 0 Å². The molecule has 1 atom stereocenters. The molecule has 172 valence electrons. The van der Waals surface area contributed by atoms with Gasteiger partial charge in [-0.15, -0.1) is 0 Å². The first kappa shape index (κ1) is 23.6. The fourth-order valence-corrected chi connectivity index (χ4v) is 5.66. The van der Waals surface area contributed by atoms with Crippen LogP contribution in [0.4, 0.5) is 0 Å². The predicted molar refractivity (Wildman–Crippen MR) is 136 cm³/mol. The molecule has 1 saturated heterocycles. The van der Waals surface area contributed by atoms with Crippen molar-refractivity contribution in [1.82, 2.24) is 0 Å². The zero-order valence-corrected chi connectivity index (χ0v) is 21.6. The SMILES string of the molecule is CCC(CC)c1ccc2c(c1)C(C)(C)c1cc(C(CC)B3OC(C)(C)C(C)(C)O3)ccc1-2. The van der Waals surface area contributed by atoms with Gasteiger partial charge in [0.1, 0.15) is 0 Å². The topological polar surface area (TPSA) is 18.5 Å². The van der Waals surface area contributed by atoms with Gasteiger partial charge < -0.3 is 9.31 Å². The number of hydrogen-bond acceptors (Lipinski definition) is 2. The summed E-state index contributed by atoms with van der Waals surface area (Å²) in [5, 5.41) is 0. The van der Waals surface area contributed by atoms with Gasteiger partial charge in [0.05, 0.1) is 11.2 Å². The van der Waals surface area contributed by atoms with Gasteiger partial charge in [-0.05, 0) is 79.8 Å². The van der Waals surface area contributed by atoms with Crippen molar-refractivity contribution in [3.8, 4) is 11.1 Å². The maximum absolute atomic E-state index is 6.45. The molecule has 0 amide bonds. The summed E-state index contributed by atoms with van der Waals surface area (Å²) in [6.07, 6.45) is 3.37. The first-order valence-corrected chi connectivity index (χ1v) is 12.6. The minimum atomic E-state index is -0.303. The zero-order chi connectivity index (χ0) is 23.5. The molecule has 3 heteroatoms. The van der Waals surface area contributed by atoms with Gasteiger partial charge in [0.2, 0.25) is 0 Å². The van der Waals surface area contributed by atoms with Gasteiger partial charge in [-0.25, -0.2) is 0 Å². The largest absolute Gasteiger partial charge is 0.465 e. The highest BCUT2D eigenvalue weighted by molar-refractivity contribution is 6.47. The number of rotatable bonds is 6. The average Bonchev–Trinajstić information content (AvgIpc) is 3.09. The summed E-state index contributed by atoms with van der Waals surface area (Å²) in [6, 6.07) is 14.3. The van der Waals surface area contributed by atoms with Crippen LogP contribution in [0.15, 0.2) is 36.4 Å². The van der Waals surface area contributed by atoms with E-state index >= 15 is 0 Å². The molecule has 1 heterocycles. The predicted octanol–water partition coefficient (Wildman–Crippen LogP) is 8.02. The number of benzene rings is 2. The molecule has 0 radical (unpaired) electrons. The Morgan fingerprint density at radius 3 is 1.62 bits per heavy atom. The third-order valence-corrected chi connectivity index (χ3v) is 8.65. The van der Waals surface area contributed by atoms with Crippen LogP contribution in [0.25, 0.3) is 11.1 Å². The first-order chi connectivity index (χ1) is 15.0. The van der Waals surface area contributed by atoms with E-state index in [1.54, 1.807) is 0 Å². The number of fused-ring (bicyclic) bond motifs is 3. The molecule has 0 saturated carbocycles. The molecule has 1 aliphatic heterocycles. The molecule has 1 fully saturated rings. The second kappa shape index (κ2) is 8.03. The van der Waals surface area contributed by atoms with Crippen molar-refractivity contribution in [2.75, 3.05) is 0 Å². The smallest absolute Gasteiger partial charge is 0.403 e. The van der Waals surface area contributed by atoms with Crippen molar-refractivity contribution in [3.63, 3.8) is 0 Å². The van der Waals surface area contributed by atoms with E-state index in [0.717, 1.165) is 6.42 Å². The van der Waals surface area contributed by atoms with Crippen molar-refractivity contribution >= 4 is 7.12 Å². The third kappa shape index (κ3) is 3.57. The van der Waals surface area contributed by atoms with Gasteiger partial charge in [0.15, 0.2) is 0 Å². The van der Waals surface area contributed by atoms with E-state index < -0.39 is 0 Å². The maximum Gasteiger partial charge on any atom is 0.465 e. The van der Waals surface area contributed by atoms with E-state index in [1.807, 2.05) is 0 Å². The van der Waals surface area contributed by atoms with Crippen LogP contribution in [-0.2, 0) is 14.7 Å². The van der Waals surface area contributed by atoms with Gasteiger partial charge >= 0.3 is 7.12 Å². The van der Waals surface area contributed by atoms with Crippen LogP contribution in [0, 0.1) is 0 Å². The van der Waals surface area contributed by atoms with E-state index in [2.05, 4.69) is 98.7 Å². The average molecular weight is 432 g/mol. The molecule has 2 aromatic rings. The Morgan fingerprint density at radius 1 is 0.688 bits per heavy atom. The summed E-state index contributed by atoms with van der Waals surface area (Å²) in [5.41, 5.74) is 7.88. The van der Waals surface area contributed by atoms with Crippen molar-refractivity contribution in [2.45, 2.75) is 110 Å². The molecule has 0 spiro atoms. The lowest BCUT2D eigenvalue weighted by Crippen LogP contribution is -2.41. The monoisotopic (exact) mass is 432 g/mol. The Kier molecular flexibility index (Phi) is 5.91. The van der Waals surface area contributed by atoms with Gasteiger partial charge in [0.25, 0.3) is 0 Å². The molecule has 2 aromatic carbocycles. The Labute approximate surface area is 196 Å². The Morgan fingerprint density at radius 2 is 1.16 bits per heavy atom. The van der Waals surface area contributed by atoms with E-state index in [1.165, 1.54) is 46.2 Å². The quantitative estimate of drug-likeness (QED) is 0.430. The number of hydrogen-bond donors (Lipinski definition) is 0. The maximum atomic E-state index is 6.45. The van der Waals surface area contributed by atoms with Crippen LogP contribution in [0.1, 0.15) is 116 Å². The van der Waals surface area contributed by atoms with Gasteiger partial charge in [-0.1, -0.05) is 77.4 Å². The summed E-state index contributed by atoms with van der Waals surface area (Å²) in [7, 11) is -0.212. The van der Waals surface area contributed by atoms with Crippen LogP contribution in [0.3, 0.4) is 0 Å². The molecule has 32 heavy (non-hydrogen) atoms. The van der Waals surface area contributed by atoms with E-state index in [9.17, 15) is 0 Å². The van der Waals surface area contributed by atoms with Crippen LogP contribution < -0.4 is 0 Å². The van der Waals surface area contributed by atoms with Crippen molar-refractivity contribution in [3.05, 3.63) is 58.7 Å². The lowest BCUT2D eigenvalue weighted by molar-refractivity contribution is 0.00578. The molecule has 1 aliphatic carbocycles.